The summed E-state index contributed by atoms with van der Waals surface area (Å²) in [6.07, 6.45) is 2.93. The molecule has 0 aromatic rings. The van der Waals surface area contributed by atoms with Crippen molar-refractivity contribution >= 4 is 54.3 Å². The fourth-order valence-corrected chi connectivity index (χ4v) is 7.63. The molecule has 3 nitrogen and oxygen atoms in total. The number of nitrogens with zero attached hydrogens (tertiary/aromatic N) is 1. The summed E-state index contributed by atoms with van der Waals surface area (Å²) in [5.74, 6) is 0.237. The van der Waals surface area contributed by atoms with Crippen LogP contribution in [0.1, 0.15) is 54.9 Å². The molecular weight excluding hydrogens is 502 g/mol. The zero-order valence-corrected chi connectivity index (χ0v) is 24.2. The van der Waals surface area contributed by atoms with Crippen molar-refractivity contribution in [1.82, 2.24) is 4.57 Å². The highest BCUT2D eigenvalue weighted by atomic mass is 79.9. The van der Waals surface area contributed by atoms with Gasteiger partial charge in [0.15, 0.2) is 16.6 Å². The molecule has 3 atom stereocenters. The van der Waals surface area contributed by atoms with Gasteiger partial charge in [-0.25, -0.2) is 0 Å². The zero-order chi connectivity index (χ0) is 21.6. The quantitative estimate of drug-likeness (QED) is 0.262. The van der Waals surface area contributed by atoms with Gasteiger partial charge in [0.2, 0.25) is 5.91 Å². The minimum atomic E-state index is -1.92. The standard InChI is InChI=1S/C20H39Br2NO2Si2/c1-14(25-27(10,11)20(5,6)7)17-15(12-13-16(21)22)23(18(17)24)26(8,9)19(2,3)4/h13-15,17H,12H2,1-11H3/t14-,15-,17-/m1/s1. The minimum Gasteiger partial charge on any atom is -0.413 e. The van der Waals surface area contributed by atoms with Gasteiger partial charge in [0.1, 0.15) is 0 Å². The maximum atomic E-state index is 13.3. The molecule has 0 spiro atoms. The van der Waals surface area contributed by atoms with Gasteiger partial charge in [0.05, 0.1) is 15.4 Å². The lowest BCUT2D eigenvalue weighted by molar-refractivity contribution is -0.154. The first kappa shape index (κ1) is 25.6. The maximum absolute atomic E-state index is 13.3. The molecule has 158 valence electrons. The van der Waals surface area contributed by atoms with Crippen molar-refractivity contribution in [3.8, 4) is 0 Å². The van der Waals surface area contributed by atoms with Crippen LogP contribution in [0.4, 0.5) is 0 Å². The molecule has 27 heavy (non-hydrogen) atoms. The molecule has 0 aliphatic carbocycles. The van der Waals surface area contributed by atoms with E-state index in [9.17, 15) is 4.79 Å². The monoisotopic (exact) mass is 539 g/mol. The normalized spacial score (nSPS) is 23.1. The molecule has 1 aliphatic heterocycles. The van der Waals surface area contributed by atoms with Crippen LogP contribution in [-0.4, -0.2) is 39.2 Å². The van der Waals surface area contributed by atoms with Crippen molar-refractivity contribution in [2.45, 2.75) is 103 Å². The van der Waals surface area contributed by atoms with E-state index in [4.69, 9.17) is 4.43 Å². The second kappa shape index (κ2) is 8.36. The molecule has 1 rings (SSSR count). The lowest BCUT2D eigenvalue weighted by atomic mass is 9.84. The number of carbonyl (C=O) groups excluding carboxylic acids is 1. The summed E-state index contributed by atoms with van der Waals surface area (Å²) >= 11 is 6.95. The van der Waals surface area contributed by atoms with Crippen molar-refractivity contribution < 1.29 is 9.22 Å². The number of β-lactam (4-membered cyclic amide) rings is 1. The molecule has 0 aromatic heterocycles. The van der Waals surface area contributed by atoms with Crippen LogP contribution < -0.4 is 0 Å². The topological polar surface area (TPSA) is 29.5 Å². The summed E-state index contributed by atoms with van der Waals surface area (Å²) in [7, 11) is -3.84. The van der Waals surface area contributed by atoms with Crippen LogP contribution in [0.15, 0.2) is 9.47 Å². The van der Waals surface area contributed by atoms with Gasteiger partial charge >= 0.3 is 0 Å². The molecule has 0 saturated carbocycles. The van der Waals surface area contributed by atoms with Crippen molar-refractivity contribution in [2.75, 3.05) is 0 Å². The molecule has 7 heteroatoms. The third-order valence-corrected chi connectivity index (χ3v) is 17.7. The highest BCUT2D eigenvalue weighted by molar-refractivity contribution is 9.28. The van der Waals surface area contributed by atoms with E-state index in [-0.39, 0.29) is 34.0 Å². The van der Waals surface area contributed by atoms with Gasteiger partial charge in [0.25, 0.3) is 0 Å². The third-order valence-electron chi connectivity index (χ3n) is 7.01. The van der Waals surface area contributed by atoms with Gasteiger partial charge in [-0.3, -0.25) is 4.79 Å². The van der Waals surface area contributed by atoms with Crippen LogP contribution in [-0.2, 0) is 9.22 Å². The smallest absolute Gasteiger partial charge is 0.222 e. The summed E-state index contributed by atoms with van der Waals surface area (Å²) in [6.45, 7) is 24.8. The lowest BCUT2D eigenvalue weighted by Crippen LogP contribution is -2.74. The molecule has 0 aromatic carbocycles. The number of rotatable bonds is 6. The van der Waals surface area contributed by atoms with E-state index in [1.165, 1.54) is 0 Å². The number of amides is 1. The molecule has 0 bridgehead atoms. The van der Waals surface area contributed by atoms with Crippen LogP contribution in [0.5, 0.6) is 0 Å². The predicted octanol–water partition coefficient (Wildman–Crippen LogP) is 7.25. The van der Waals surface area contributed by atoms with E-state index in [1.54, 1.807) is 0 Å². The summed E-state index contributed by atoms with van der Waals surface area (Å²) < 4.78 is 9.81. The predicted molar refractivity (Wildman–Crippen MR) is 130 cm³/mol. The van der Waals surface area contributed by atoms with E-state index in [0.29, 0.717) is 0 Å². The molecule has 1 heterocycles. The van der Waals surface area contributed by atoms with Gasteiger partial charge in [0, 0.05) is 6.04 Å². The zero-order valence-electron chi connectivity index (χ0n) is 19.0. The highest BCUT2D eigenvalue weighted by Crippen LogP contribution is 2.48. The minimum absolute atomic E-state index is 0.0492. The Hall–Kier alpha value is 0.564. The van der Waals surface area contributed by atoms with Crippen molar-refractivity contribution in [1.29, 1.82) is 0 Å². The van der Waals surface area contributed by atoms with Crippen LogP contribution in [0.25, 0.3) is 0 Å². The largest absolute Gasteiger partial charge is 0.413 e. The Morgan fingerprint density at radius 2 is 1.59 bits per heavy atom. The second-order valence-electron chi connectivity index (χ2n) is 10.9. The van der Waals surface area contributed by atoms with E-state index >= 15 is 0 Å². The Bertz CT molecular complexity index is 588. The van der Waals surface area contributed by atoms with Crippen LogP contribution >= 0.6 is 31.9 Å². The molecule has 1 fully saturated rings. The van der Waals surface area contributed by atoms with E-state index < -0.39 is 16.6 Å². The number of halogens is 2. The Morgan fingerprint density at radius 3 is 1.96 bits per heavy atom. The molecule has 1 saturated heterocycles. The summed E-state index contributed by atoms with van der Waals surface area (Å²) in [5, 5.41) is 0.270. The Morgan fingerprint density at radius 1 is 1.11 bits per heavy atom. The summed E-state index contributed by atoms with van der Waals surface area (Å²) in [6, 6.07) is 0.211. The molecular formula is C20H39Br2NO2Si2. The van der Waals surface area contributed by atoms with Crippen LogP contribution in [0.2, 0.25) is 36.3 Å². The maximum Gasteiger partial charge on any atom is 0.222 e. The highest BCUT2D eigenvalue weighted by Gasteiger charge is 2.59. The average Bonchev–Trinajstić information content (AvgIpc) is 2.39. The number of hydrogen-bond donors (Lipinski definition) is 0. The Kier molecular flexibility index (Phi) is 7.93. The lowest BCUT2D eigenvalue weighted by Gasteiger charge is -2.60. The van der Waals surface area contributed by atoms with Gasteiger partial charge in [-0.1, -0.05) is 60.7 Å². The first-order valence-electron chi connectivity index (χ1n) is 9.87. The molecule has 1 aliphatic rings. The van der Waals surface area contributed by atoms with Gasteiger partial charge in [-0.15, -0.1) is 0 Å². The summed E-state index contributed by atoms with van der Waals surface area (Å²) in [5.41, 5.74) is 0. The molecule has 0 N–H and O–H groups in total. The van der Waals surface area contributed by atoms with Crippen LogP contribution in [0.3, 0.4) is 0 Å². The van der Waals surface area contributed by atoms with Gasteiger partial charge in [-0.2, -0.15) is 0 Å². The van der Waals surface area contributed by atoms with Gasteiger partial charge in [-0.05, 0) is 68.4 Å². The Balaban J connectivity index is 3.16. The van der Waals surface area contributed by atoms with Crippen molar-refractivity contribution in [2.24, 2.45) is 5.92 Å². The third kappa shape index (κ3) is 5.38. The number of carbonyl (C=O) groups is 1. The van der Waals surface area contributed by atoms with E-state index in [1.807, 2.05) is 0 Å². The van der Waals surface area contributed by atoms with Crippen LogP contribution in [0, 0.1) is 5.92 Å². The second-order valence-corrected chi connectivity index (χ2v) is 23.6. The first-order chi connectivity index (χ1) is 11.8. The molecule has 0 unspecified atom stereocenters. The van der Waals surface area contributed by atoms with Crippen molar-refractivity contribution in [3.05, 3.63) is 9.47 Å². The average molecular weight is 542 g/mol. The number of hydrogen-bond acceptors (Lipinski definition) is 2. The first-order valence-corrected chi connectivity index (χ1v) is 17.3. The van der Waals surface area contributed by atoms with E-state index in [2.05, 4.69) is 117 Å². The molecule has 0 radical (unpaired) electrons. The van der Waals surface area contributed by atoms with E-state index in [0.717, 1.165) is 9.81 Å². The summed E-state index contributed by atoms with van der Waals surface area (Å²) in [4.78, 5) is 13.3. The van der Waals surface area contributed by atoms with Gasteiger partial charge < -0.3 is 8.99 Å². The SMILES string of the molecule is C[C@@H](O[Si](C)(C)C(C)(C)C)[C@H]1C(=O)N([Si](C)(C)C(C)(C)C)[C@@H]1CC=C(Br)Br. The van der Waals surface area contributed by atoms with Crippen molar-refractivity contribution in [3.63, 3.8) is 0 Å². The Labute approximate surface area is 186 Å². The molecule has 1 amide bonds. The fourth-order valence-electron chi connectivity index (χ4n) is 3.31. The fraction of sp³-hybridized carbons (Fsp3) is 0.850.